The lowest BCUT2D eigenvalue weighted by molar-refractivity contribution is 0.0740. The Bertz CT molecular complexity index is 515. The van der Waals surface area contributed by atoms with Crippen molar-refractivity contribution in [1.29, 1.82) is 5.26 Å². The Balaban J connectivity index is 3.02. The third kappa shape index (κ3) is 4.29. The van der Waals surface area contributed by atoms with Gasteiger partial charge in [0.25, 0.3) is 5.91 Å². The molecule has 0 saturated heterocycles. The van der Waals surface area contributed by atoms with Crippen LogP contribution < -0.4 is 5.73 Å². The molecule has 0 saturated carbocycles. The minimum absolute atomic E-state index is 0.195. The summed E-state index contributed by atoms with van der Waals surface area (Å²) in [5.41, 5.74) is 6.38. The average molecular weight is 314 g/mol. The molecule has 2 N–H and O–H groups in total. The molecular weight excluding hydrogens is 297 g/mol. The number of nitrogen functional groups attached to an aromatic ring is 1. The van der Waals surface area contributed by atoms with E-state index >= 15 is 0 Å². The highest BCUT2D eigenvalue weighted by Gasteiger charge is 2.18. The number of halogens is 2. The van der Waals surface area contributed by atoms with Crippen molar-refractivity contribution in [2.45, 2.75) is 20.3 Å². The molecule has 0 fully saturated rings. The number of hydrogen-bond acceptors (Lipinski definition) is 3. The van der Waals surface area contributed by atoms with Crippen molar-refractivity contribution in [3.05, 3.63) is 27.7 Å². The van der Waals surface area contributed by atoms with Gasteiger partial charge in [0.1, 0.15) is 0 Å². The molecule has 1 aromatic carbocycles. The predicted octanol–water partition coefficient (Wildman–Crippen LogP) is 3.59. The van der Waals surface area contributed by atoms with Crippen LogP contribution in [-0.4, -0.2) is 23.9 Å². The number of carbonyl (C=O) groups is 1. The van der Waals surface area contributed by atoms with Gasteiger partial charge in [0.05, 0.1) is 28.2 Å². The summed E-state index contributed by atoms with van der Waals surface area (Å²) in [6.45, 7) is 4.97. The molecule has 0 bridgehead atoms. The molecule has 20 heavy (non-hydrogen) atoms. The number of carbonyl (C=O) groups excluding carboxylic acids is 1. The first-order valence-electron chi connectivity index (χ1n) is 6.27. The van der Waals surface area contributed by atoms with Gasteiger partial charge >= 0.3 is 0 Å². The van der Waals surface area contributed by atoms with E-state index in [2.05, 4.69) is 0 Å². The van der Waals surface area contributed by atoms with Gasteiger partial charge in [0.2, 0.25) is 0 Å². The molecule has 0 unspecified atom stereocenters. The van der Waals surface area contributed by atoms with Crippen molar-refractivity contribution in [2.24, 2.45) is 5.92 Å². The zero-order valence-corrected chi connectivity index (χ0v) is 13.0. The van der Waals surface area contributed by atoms with Gasteiger partial charge in [-0.2, -0.15) is 5.26 Å². The molecule has 0 aliphatic carbocycles. The van der Waals surface area contributed by atoms with Crippen molar-refractivity contribution in [3.63, 3.8) is 0 Å². The van der Waals surface area contributed by atoms with Crippen LogP contribution in [0.2, 0.25) is 10.0 Å². The second kappa shape index (κ2) is 7.37. The number of benzene rings is 1. The maximum atomic E-state index is 12.5. The van der Waals surface area contributed by atoms with Gasteiger partial charge in [0.15, 0.2) is 0 Å². The number of anilines is 1. The molecule has 1 aromatic rings. The van der Waals surface area contributed by atoms with Crippen LogP contribution in [0.4, 0.5) is 5.69 Å². The van der Waals surface area contributed by atoms with E-state index in [1.165, 1.54) is 12.1 Å². The Morgan fingerprint density at radius 2 is 2.10 bits per heavy atom. The minimum atomic E-state index is -0.195. The third-order valence-corrected chi connectivity index (χ3v) is 3.49. The first kappa shape index (κ1) is 16.6. The minimum Gasteiger partial charge on any atom is -0.397 e. The summed E-state index contributed by atoms with van der Waals surface area (Å²) in [5, 5.41) is 9.18. The summed E-state index contributed by atoms with van der Waals surface area (Å²) >= 11 is 11.8. The molecule has 0 aliphatic rings. The van der Waals surface area contributed by atoms with Gasteiger partial charge in [-0.25, -0.2) is 0 Å². The van der Waals surface area contributed by atoms with Crippen molar-refractivity contribution in [1.82, 2.24) is 4.90 Å². The van der Waals surface area contributed by atoms with Gasteiger partial charge in [-0.3, -0.25) is 4.79 Å². The molecule has 0 atom stereocenters. The van der Waals surface area contributed by atoms with Crippen LogP contribution in [0.1, 0.15) is 30.6 Å². The average Bonchev–Trinajstić information content (AvgIpc) is 2.39. The SMILES string of the molecule is CC(C)CN(CCC#N)C(=O)c1cc(N)c(Cl)c(Cl)c1. The van der Waals surface area contributed by atoms with Crippen LogP contribution in [0.3, 0.4) is 0 Å². The molecule has 4 nitrogen and oxygen atoms in total. The molecule has 1 amide bonds. The van der Waals surface area contributed by atoms with E-state index in [0.29, 0.717) is 24.6 Å². The standard InChI is InChI=1S/C14H17Cl2N3O/c1-9(2)8-19(5-3-4-17)14(20)10-6-11(15)13(16)12(18)7-10/h6-7,9H,3,5,8,18H2,1-2H3. The van der Waals surface area contributed by atoms with E-state index in [-0.39, 0.29) is 28.1 Å². The van der Waals surface area contributed by atoms with Crippen LogP contribution in [0.15, 0.2) is 12.1 Å². The molecule has 108 valence electrons. The maximum absolute atomic E-state index is 12.5. The summed E-state index contributed by atoms with van der Waals surface area (Å²) in [6.07, 6.45) is 0.287. The fourth-order valence-electron chi connectivity index (χ4n) is 1.82. The molecular formula is C14H17Cl2N3O. The van der Waals surface area contributed by atoms with E-state index in [4.69, 9.17) is 34.2 Å². The number of nitrogens with two attached hydrogens (primary N) is 1. The van der Waals surface area contributed by atoms with Crippen LogP contribution >= 0.6 is 23.2 Å². The van der Waals surface area contributed by atoms with E-state index in [9.17, 15) is 4.79 Å². The number of nitrogens with zero attached hydrogens (tertiary/aromatic N) is 2. The zero-order valence-electron chi connectivity index (χ0n) is 11.5. The third-order valence-electron chi connectivity index (χ3n) is 2.67. The lowest BCUT2D eigenvalue weighted by Gasteiger charge is -2.24. The summed E-state index contributed by atoms with van der Waals surface area (Å²) in [4.78, 5) is 14.1. The Labute approximate surface area is 129 Å². The summed E-state index contributed by atoms with van der Waals surface area (Å²) < 4.78 is 0. The van der Waals surface area contributed by atoms with E-state index in [1.54, 1.807) is 4.90 Å². The monoisotopic (exact) mass is 313 g/mol. The number of rotatable bonds is 5. The fourth-order valence-corrected chi connectivity index (χ4v) is 2.15. The molecule has 0 aromatic heterocycles. The molecule has 0 radical (unpaired) electrons. The predicted molar refractivity (Wildman–Crippen MR) is 81.8 cm³/mol. The summed E-state index contributed by atoms with van der Waals surface area (Å²) in [6, 6.07) is 5.06. The van der Waals surface area contributed by atoms with Gasteiger partial charge in [-0.1, -0.05) is 37.0 Å². The van der Waals surface area contributed by atoms with Crippen LogP contribution in [0.5, 0.6) is 0 Å². The summed E-state index contributed by atoms with van der Waals surface area (Å²) in [7, 11) is 0. The molecule has 6 heteroatoms. The molecule has 0 spiro atoms. The fraction of sp³-hybridized carbons (Fsp3) is 0.429. The maximum Gasteiger partial charge on any atom is 0.254 e. The highest BCUT2D eigenvalue weighted by atomic mass is 35.5. The normalized spacial score (nSPS) is 10.4. The van der Waals surface area contributed by atoms with Crippen molar-refractivity contribution < 1.29 is 4.79 Å². The Hall–Kier alpha value is -1.44. The highest BCUT2D eigenvalue weighted by molar-refractivity contribution is 6.43. The lowest BCUT2D eigenvalue weighted by Crippen LogP contribution is -2.35. The van der Waals surface area contributed by atoms with Crippen molar-refractivity contribution in [2.75, 3.05) is 18.8 Å². The molecule has 0 aliphatic heterocycles. The molecule has 0 heterocycles. The van der Waals surface area contributed by atoms with E-state index in [0.717, 1.165) is 0 Å². The first-order chi connectivity index (χ1) is 9.36. The highest BCUT2D eigenvalue weighted by Crippen LogP contribution is 2.30. The van der Waals surface area contributed by atoms with Crippen LogP contribution in [0.25, 0.3) is 0 Å². The van der Waals surface area contributed by atoms with Crippen LogP contribution in [-0.2, 0) is 0 Å². The van der Waals surface area contributed by atoms with Crippen molar-refractivity contribution in [3.8, 4) is 6.07 Å². The van der Waals surface area contributed by atoms with Gasteiger partial charge < -0.3 is 10.6 Å². The number of amides is 1. The number of hydrogen-bond donors (Lipinski definition) is 1. The van der Waals surface area contributed by atoms with Gasteiger partial charge in [-0.15, -0.1) is 0 Å². The van der Waals surface area contributed by atoms with E-state index in [1.807, 2.05) is 19.9 Å². The lowest BCUT2D eigenvalue weighted by atomic mass is 10.1. The van der Waals surface area contributed by atoms with Crippen molar-refractivity contribution >= 4 is 34.8 Å². The number of nitriles is 1. The van der Waals surface area contributed by atoms with E-state index < -0.39 is 0 Å². The van der Waals surface area contributed by atoms with Crippen LogP contribution in [0, 0.1) is 17.2 Å². The van der Waals surface area contributed by atoms with Gasteiger partial charge in [0, 0.05) is 18.7 Å². The topological polar surface area (TPSA) is 70.1 Å². The zero-order chi connectivity index (χ0) is 15.3. The smallest absolute Gasteiger partial charge is 0.254 e. The largest absolute Gasteiger partial charge is 0.397 e. The Kier molecular flexibility index (Phi) is 6.12. The Morgan fingerprint density at radius 3 is 2.60 bits per heavy atom. The van der Waals surface area contributed by atoms with Gasteiger partial charge in [-0.05, 0) is 18.1 Å². The first-order valence-corrected chi connectivity index (χ1v) is 7.03. The second-order valence-electron chi connectivity index (χ2n) is 4.91. The Morgan fingerprint density at radius 1 is 1.45 bits per heavy atom. The quantitative estimate of drug-likeness (QED) is 0.844. The second-order valence-corrected chi connectivity index (χ2v) is 5.70. The summed E-state index contributed by atoms with van der Waals surface area (Å²) in [5.74, 6) is 0.108. The molecule has 1 rings (SSSR count).